The molecule has 2 aromatic carbocycles. The molecular weight excluding hydrogens is 352 g/mol. The second kappa shape index (κ2) is 9.20. The van der Waals surface area contributed by atoms with Crippen LogP contribution in [0.4, 0.5) is 5.69 Å². The number of anilines is 1. The predicted molar refractivity (Wildman–Crippen MR) is 97.9 cm³/mol. The van der Waals surface area contributed by atoms with Gasteiger partial charge in [-0.05, 0) is 12.1 Å². The second-order valence-electron chi connectivity index (χ2n) is 5.23. The van der Waals surface area contributed by atoms with Crippen LogP contribution in [0.3, 0.4) is 0 Å². The van der Waals surface area contributed by atoms with Crippen LogP contribution in [0.25, 0.3) is 0 Å². The standard InChI is InChI=1S/C19H20N2O6/c1-23-15-7-12(10-20)5-6-14(15)27-11-18(22)21-13-8-16(24-2)19(26-4)17(9-13)25-3/h5-9H,11H2,1-4H3,(H,21,22). The van der Waals surface area contributed by atoms with E-state index < -0.39 is 5.91 Å². The summed E-state index contributed by atoms with van der Waals surface area (Å²) in [5.41, 5.74) is 0.894. The molecule has 0 aliphatic rings. The first-order valence-electron chi connectivity index (χ1n) is 7.87. The molecule has 0 aliphatic heterocycles. The lowest BCUT2D eigenvalue weighted by molar-refractivity contribution is -0.118. The van der Waals surface area contributed by atoms with Gasteiger partial charge in [-0.2, -0.15) is 5.26 Å². The van der Waals surface area contributed by atoms with Crippen LogP contribution in [-0.2, 0) is 4.79 Å². The van der Waals surface area contributed by atoms with E-state index in [4.69, 9.17) is 28.9 Å². The molecular formula is C19H20N2O6. The van der Waals surface area contributed by atoms with E-state index in [-0.39, 0.29) is 6.61 Å². The fourth-order valence-corrected chi connectivity index (χ4v) is 2.35. The summed E-state index contributed by atoms with van der Waals surface area (Å²) < 4.78 is 26.4. The van der Waals surface area contributed by atoms with Crippen molar-refractivity contribution in [3.8, 4) is 34.8 Å². The van der Waals surface area contributed by atoms with Gasteiger partial charge in [-0.15, -0.1) is 0 Å². The monoisotopic (exact) mass is 372 g/mol. The van der Waals surface area contributed by atoms with Gasteiger partial charge in [-0.1, -0.05) is 0 Å². The van der Waals surface area contributed by atoms with Crippen LogP contribution in [0.1, 0.15) is 5.56 Å². The zero-order chi connectivity index (χ0) is 19.8. The molecule has 8 nitrogen and oxygen atoms in total. The Balaban J connectivity index is 2.09. The van der Waals surface area contributed by atoms with Gasteiger partial charge in [0.2, 0.25) is 5.75 Å². The van der Waals surface area contributed by atoms with Gasteiger partial charge in [0.05, 0.1) is 40.1 Å². The zero-order valence-electron chi connectivity index (χ0n) is 15.5. The third-order valence-electron chi connectivity index (χ3n) is 3.60. The lowest BCUT2D eigenvalue weighted by atomic mass is 10.2. The van der Waals surface area contributed by atoms with Gasteiger partial charge >= 0.3 is 0 Å². The van der Waals surface area contributed by atoms with Crippen molar-refractivity contribution in [3.05, 3.63) is 35.9 Å². The zero-order valence-corrected chi connectivity index (χ0v) is 15.5. The third kappa shape index (κ3) is 4.73. The fraction of sp³-hybridized carbons (Fsp3) is 0.263. The van der Waals surface area contributed by atoms with E-state index in [2.05, 4.69) is 5.32 Å². The van der Waals surface area contributed by atoms with Crippen molar-refractivity contribution in [1.82, 2.24) is 0 Å². The van der Waals surface area contributed by atoms with Crippen LogP contribution in [0.2, 0.25) is 0 Å². The summed E-state index contributed by atoms with van der Waals surface area (Å²) in [6.07, 6.45) is 0. The quantitative estimate of drug-likeness (QED) is 0.760. The molecule has 2 rings (SSSR count). The SMILES string of the molecule is COc1cc(C#N)ccc1OCC(=O)Nc1cc(OC)c(OC)c(OC)c1. The number of rotatable bonds is 8. The number of benzene rings is 2. The minimum absolute atomic E-state index is 0.251. The Labute approximate surface area is 157 Å². The molecule has 0 aliphatic carbocycles. The van der Waals surface area contributed by atoms with Gasteiger partial charge in [0.15, 0.2) is 29.6 Å². The number of hydrogen-bond donors (Lipinski definition) is 1. The van der Waals surface area contributed by atoms with E-state index in [1.165, 1.54) is 34.5 Å². The minimum atomic E-state index is -0.393. The Morgan fingerprint density at radius 3 is 2.07 bits per heavy atom. The first-order valence-corrected chi connectivity index (χ1v) is 7.87. The lowest BCUT2D eigenvalue weighted by Crippen LogP contribution is -2.20. The highest BCUT2D eigenvalue weighted by atomic mass is 16.5. The number of ether oxygens (including phenoxy) is 5. The Hall–Kier alpha value is -3.60. The summed E-state index contributed by atoms with van der Waals surface area (Å²) in [7, 11) is 5.93. The number of nitrogens with zero attached hydrogens (tertiary/aromatic N) is 1. The van der Waals surface area contributed by atoms with Crippen LogP contribution in [0.15, 0.2) is 30.3 Å². The Kier molecular flexibility index (Phi) is 6.72. The third-order valence-corrected chi connectivity index (χ3v) is 3.60. The van der Waals surface area contributed by atoms with E-state index in [0.29, 0.717) is 40.0 Å². The number of nitriles is 1. The van der Waals surface area contributed by atoms with Crippen LogP contribution >= 0.6 is 0 Å². The van der Waals surface area contributed by atoms with E-state index in [9.17, 15) is 4.79 Å². The fourth-order valence-electron chi connectivity index (χ4n) is 2.35. The molecule has 0 radical (unpaired) electrons. The van der Waals surface area contributed by atoms with Crippen molar-refractivity contribution in [3.63, 3.8) is 0 Å². The van der Waals surface area contributed by atoms with E-state index in [0.717, 1.165) is 0 Å². The summed E-state index contributed by atoms with van der Waals surface area (Å²) in [5.74, 6) is 1.60. The number of nitrogens with one attached hydrogen (secondary N) is 1. The van der Waals surface area contributed by atoms with E-state index in [1.54, 1.807) is 24.3 Å². The Morgan fingerprint density at radius 1 is 0.926 bits per heavy atom. The van der Waals surface area contributed by atoms with E-state index >= 15 is 0 Å². The number of hydrogen-bond acceptors (Lipinski definition) is 7. The van der Waals surface area contributed by atoms with Crippen LogP contribution < -0.4 is 29.0 Å². The lowest BCUT2D eigenvalue weighted by Gasteiger charge is -2.15. The average Bonchev–Trinajstić information content (AvgIpc) is 2.71. The van der Waals surface area contributed by atoms with Crippen molar-refractivity contribution in [2.24, 2.45) is 0 Å². The van der Waals surface area contributed by atoms with Crippen LogP contribution in [-0.4, -0.2) is 41.0 Å². The summed E-state index contributed by atoms with van der Waals surface area (Å²) in [6, 6.07) is 9.92. The van der Waals surface area contributed by atoms with Crippen molar-refractivity contribution in [2.45, 2.75) is 0 Å². The number of carbonyl (C=O) groups is 1. The summed E-state index contributed by atoms with van der Waals surface area (Å²) >= 11 is 0. The molecule has 0 saturated heterocycles. The highest BCUT2D eigenvalue weighted by Gasteiger charge is 2.15. The predicted octanol–water partition coefficient (Wildman–Crippen LogP) is 2.61. The van der Waals surface area contributed by atoms with Crippen molar-refractivity contribution >= 4 is 11.6 Å². The first-order chi connectivity index (χ1) is 13.1. The molecule has 1 N–H and O–H groups in total. The van der Waals surface area contributed by atoms with Crippen molar-refractivity contribution < 1.29 is 28.5 Å². The smallest absolute Gasteiger partial charge is 0.262 e. The van der Waals surface area contributed by atoms with Crippen LogP contribution in [0, 0.1) is 11.3 Å². The second-order valence-corrected chi connectivity index (χ2v) is 5.23. The largest absolute Gasteiger partial charge is 0.493 e. The Morgan fingerprint density at radius 2 is 1.56 bits per heavy atom. The minimum Gasteiger partial charge on any atom is -0.493 e. The van der Waals surface area contributed by atoms with E-state index in [1.807, 2.05) is 6.07 Å². The van der Waals surface area contributed by atoms with Gasteiger partial charge < -0.3 is 29.0 Å². The number of amides is 1. The Bertz CT molecular complexity index is 835. The van der Waals surface area contributed by atoms with Gasteiger partial charge in [0, 0.05) is 23.9 Å². The molecule has 142 valence electrons. The van der Waals surface area contributed by atoms with Crippen molar-refractivity contribution in [1.29, 1.82) is 5.26 Å². The molecule has 0 bridgehead atoms. The first kappa shape index (κ1) is 19.7. The molecule has 0 saturated carbocycles. The van der Waals surface area contributed by atoms with Gasteiger partial charge in [0.25, 0.3) is 5.91 Å². The summed E-state index contributed by atoms with van der Waals surface area (Å²) in [6.45, 7) is -0.251. The molecule has 2 aromatic rings. The molecule has 0 spiro atoms. The van der Waals surface area contributed by atoms with Crippen molar-refractivity contribution in [2.75, 3.05) is 40.4 Å². The number of carbonyl (C=O) groups excluding carboxylic acids is 1. The maximum absolute atomic E-state index is 12.2. The maximum Gasteiger partial charge on any atom is 0.262 e. The molecule has 0 unspecified atom stereocenters. The highest BCUT2D eigenvalue weighted by molar-refractivity contribution is 5.92. The highest BCUT2D eigenvalue weighted by Crippen LogP contribution is 2.39. The molecule has 0 heterocycles. The molecule has 27 heavy (non-hydrogen) atoms. The normalized spacial score (nSPS) is 9.74. The summed E-state index contributed by atoms with van der Waals surface area (Å²) in [4.78, 5) is 12.2. The molecule has 0 aromatic heterocycles. The maximum atomic E-state index is 12.2. The average molecular weight is 372 g/mol. The van der Waals surface area contributed by atoms with Crippen LogP contribution in [0.5, 0.6) is 28.7 Å². The molecule has 1 amide bonds. The molecule has 0 fully saturated rings. The van der Waals surface area contributed by atoms with Gasteiger partial charge in [-0.25, -0.2) is 0 Å². The molecule has 8 heteroatoms. The topological polar surface area (TPSA) is 99.0 Å². The molecule has 0 atom stereocenters. The number of methoxy groups -OCH3 is 4. The van der Waals surface area contributed by atoms with Gasteiger partial charge in [0.1, 0.15) is 0 Å². The van der Waals surface area contributed by atoms with Gasteiger partial charge in [-0.3, -0.25) is 4.79 Å². The summed E-state index contributed by atoms with van der Waals surface area (Å²) in [5, 5.41) is 11.6.